The zero-order chi connectivity index (χ0) is 85.2. The van der Waals surface area contributed by atoms with Crippen molar-refractivity contribution in [2.45, 2.75) is 246 Å². The molecule has 12 aromatic rings. The van der Waals surface area contributed by atoms with Crippen LogP contribution in [0.1, 0.15) is 284 Å². The molecular weight excluding hydrogens is 1480 g/mol. The van der Waals surface area contributed by atoms with Crippen LogP contribution in [0.4, 0.5) is 68.2 Å². The number of unbranched alkanes of at least 4 members (excludes halogenated alkanes) is 20. The molecule has 6 heteroatoms. The van der Waals surface area contributed by atoms with Gasteiger partial charge in [0.15, 0.2) is 0 Å². The van der Waals surface area contributed by atoms with Crippen molar-refractivity contribution in [1.29, 1.82) is 0 Å². The van der Waals surface area contributed by atoms with Crippen molar-refractivity contribution in [3.63, 3.8) is 0 Å². The lowest BCUT2D eigenvalue weighted by molar-refractivity contribution is 0.111. The minimum atomic E-state index is -0.196. The lowest BCUT2D eigenvalue weighted by Gasteiger charge is -2.35. The smallest absolute Gasteiger partial charge is 0.150 e. The zero-order valence-corrected chi connectivity index (χ0v) is 74.5. The summed E-state index contributed by atoms with van der Waals surface area (Å²) in [6, 6.07) is 97.9. The molecule has 2 aliphatic carbocycles. The van der Waals surface area contributed by atoms with Crippen molar-refractivity contribution in [3.05, 3.63) is 347 Å². The van der Waals surface area contributed by atoms with Gasteiger partial charge in [-0.05, 0) is 277 Å². The van der Waals surface area contributed by atoms with Crippen LogP contribution in [0.3, 0.4) is 0 Å². The zero-order valence-electron chi connectivity index (χ0n) is 74.5. The Labute approximate surface area is 732 Å². The number of carbonyl (C=O) groups excluding carboxylic acids is 2. The third kappa shape index (κ3) is 21.0. The molecule has 12 aromatic carbocycles. The number of carbonyl (C=O) groups is 2. The third-order valence-corrected chi connectivity index (χ3v) is 25.8. The summed E-state index contributed by atoms with van der Waals surface area (Å²) in [7, 11) is 0. The van der Waals surface area contributed by atoms with E-state index in [0.29, 0.717) is 11.1 Å². The summed E-state index contributed by atoms with van der Waals surface area (Å²) in [4.78, 5) is 33.8. The first-order valence-corrected chi connectivity index (χ1v) is 46.4. The van der Waals surface area contributed by atoms with Crippen LogP contribution in [0.5, 0.6) is 0 Å². The van der Waals surface area contributed by atoms with E-state index in [0.717, 1.165) is 94.9 Å². The molecule has 0 amide bonds. The number of nitrogens with zero attached hydrogens (tertiary/aromatic N) is 4. The quantitative estimate of drug-likeness (QED) is 0.0280. The maximum absolute atomic E-state index is 12.1. The van der Waals surface area contributed by atoms with Crippen LogP contribution in [0.2, 0.25) is 0 Å². The number of hydrogen-bond donors (Lipinski definition) is 0. The molecule has 0 heterocycles. The highest BCUT2D eigenvalue weighted by Gasteiger charge is 2.45. The lowest BCUT2D eigenvalue weighted by Crippen LogP contribution is -2.26. The Balaban J connectivity index is 0.000000210. The first-order chi connectivity index (χ1) is 59.8. The first-order valence-electron chi connectivity index (χ1n) is 46.4. The molecule has 14 rings (SSSR count). The summed E-state index contributed by atoms with van der Waals surface area (Å²) >= 11 is 0. The van der Waals surface area contributed by atoms with Gasteiger partial charge in [-0.3, -0.25) is 9.59 Å². The van der Waals surface area contributed by atoms with Crippen LogP contribution in [-0.4, -0.2) is 12.6 Å². The van der Waals surface area contributed by atoms with Gasteiger partial charge in [0.05, 0.1) is 0 Å². The maximum Gasteiger partial charge on any atom is 0.150 e. The van der Waals surface area contributed by atoms with Gasteiger partial charge in [-0.1, -0.05) is 328 Å². The molecule has 628 valence electrons. The Morgan fingerprint density at radius 3 is 0.648 bits per heavy atom. The number of rotatable bonds is 44. The third-order valence-electron chi connectivity index (χ3n) is 25.8. The summed E-state index contributed by atoms with van der Waals surface area (Å²) in [6.45, 7) is 26.1. The molecule has 0 bridgehead atoms. The van der Waals surface area contributed by atoms with Gasteiger partial charge in [0, 0.05) is 90.2 Å². The molecular formula is C116H132N4O2. The molecule has 0 N–H and O–H groups in total. The van der Waals surface area contributed by atoms with Crippen LogP contribution in [0.25, 0.3) is 34.4 Å². The number of aldehydes is 2. The van der Waals surface area contributed by atoms with Crippen LogP contribution in [-0.2, 0) is 10.8 Å². The molecule has 0 atom stereocenters. The highest BCUT2D eigenvalue weighted by molar-refractivity contribution is 5.93. The van der Waals surface area contributed by atoms with E-state index in [1.165, 1.54) is 244 Å². The van der Waals surface area contributed by atoms with E-state index >= 15 is 0 Å². The summed E-state index contributed by atoms with van der Waals surface area (Å²) < 4.78 is 0. The Kier molecular flexibility index (Phi) is 31.5. The van der Waals surface area contributed by atoms with Gasteiger partial charge in [0.1, 0.15) is 12.6 Å². The normalized spacial score (nSPS) is 12.5. The molecule has 6 nitrogen and oxygen atoms in total. The molecule has 0 unspecified atom stereocenters. The molecule has 0 radical (unpaired) electrons. The maximum atomic E-state index is 12.1. The van der Waals surface area contributed by atoms with E-state index in [-0.39, 0.29) is 10.8 Å². The van der Waals surface area contributed by atoms with E-state index in [4.69, 9.17) is 0 Å². The monoisotopic (exact) mass is 1610 g/mol. The van der Waals surface area contributed by atoms with Crippen molar-refractivity contribution in [3.8, 4) is 22.3 Å². The van der Waals surface area contributed by atoms with Gasteiger partial charge in [0.25, 0.3) is 0 Å². The molecule has 0 fully saturated rings. The van der Waals surface area contributed by atoms with E-state index in [9.17, 15) is 9.59 Å². The highest BCUT2D eigenvalue weighted by Crippen LogP contribution is 2.60. The summed E-state index contributed by atoms with van der Waals surface area (Å²) in [5, 5.41) is 0. The van der Waals surface area contributed by atoms with Crippen LogP contribution in [0, 0.1) is 27.7 Å². The predicted molar refractivity (Wildman–Crippen MR) is 526 cm³/mol. The topological polar surface area (TPSA) is 47.1 Å². The SMILES string of the molecule is C=Cc1cccc(N(c2cccc(C)c2)c2ccc3c(c2)C(CCCCCCCC)(CCCCCCCC)c2cc(N(c4cccc(C)c4)c4cccc(C=C)c4)ccc2-3)c1.CCCCCCCCC1(CCCCCCCC)c2cc(N(c3cccc(C)c3)c3cccc(C=O)c3)ccc2-c2ccc(N(c3cccc(C)c3)c3cccc(C=O)c3)cc21. The molecule has 0 saturated carbocycles. The Hall–Kier alpha value is -11.3. The predicted octanol–water partition coefficient (Wildman–Crippen LogP) is 34.9. The second-order valence-corrected chi connectivity index (χ2v) is 34.9. The number of hydrogen-bond acceptors (Lipinski definition) is 6. The molecule has 0 aromatic heterocycles. The molecule has 0 spiro atoms. The number of benzene rings is 12. The lowest BCUT2D eigenvalue weighted by atomic mass is 9.70. The number of anilines is 12. The van der Waals surface area contributed by atoms with Crippen LogP contribution in [0.15, 0.2) is 280 Å². The van der Waals surface area contributed by atoms with E-state index < -0.39 is 0 Å². The fraction of sp³-hybridized carbons (Fsp3) is 0.328. The van der Waals surface area contributed by atoms with Crippen LogP contribution < -0.4 is 19.6 Å². The van der Waals surface area contributed by atoms with Gasteiger partial charge in [0.2, 0.25) is 0 Å². The minimum Gasteiger partial charge on any atom is -0.310 e. The summed E-state index contributed by atoms with van der Waals surface area (Å²) in [5.41, 5.74) is 32.7. The van der Waals surface area contributed by atoms with E-state index in [1.54, 1.807) is 0 Å². The molecule has 2 aliphatic rings. The molecule has 0 saturated heterocycles. The Morgan fingerprint density at radius 2 is 0.426 bits per heavy atom. The molecule has 122 heavy (non-hydrogen) atoms. The summed E-state index contributed by atoms with van der Waals surface area (Å²) in [5.74, 6) is 0. The Morgan fingerprint density at radius 1 is 0.230 bits per heavy atom. The Bertz CT molecular complexity index is 4810. The van der Waals surface area contributed by atoms with Gasteiger partial charge in [-0.15, -0.1) is 0 Å². The number of fused-ring (bicyclic) bond motifs is 6. The van der Waals surface area contributed by atoms with Crippen molar-refractivity contribution >= 4 is 93.0 Å². The van der Waals surface area contributed by atoms with Crippen molar-refractivity contribution in [1.82, 2.24) is 0 Å². The summed E-state index contributed by atoms with van der Waals surface area (Å²) in [6.07, 6.45) is 40.7. The van der Waals surface area contributed by atoms with Gasteiger partial charge in [-0.2, -0.15) is 0 Å². The second-order valence-electron chi connectivity index (χ2n) is 34.9. The first kappa shape index (κ1) is 88.4. The van der Waals surface area contributed by atoms with Crippen LogP contribution >= 0.6 is 0 Å². The van der Waals surface area contributed by atoms with Gasteiger partial charge >= 0.3 is 0 Å². The standard InChI is InChI=1S/C59H68N2.C57H64N2O2/c1-7-11-13-15-17-19-37-59(38-20-18-16-14-12-8-2)57-43-53(60(49-29-21-25-45(5)39-49)51-31-23-27-47(9-3)41-51)33-35-55(57)56-36-34-54(44-58(56)59)61(50-30-22-26-46(6)40-50)52-32-24-28-48(10-4)42-52;1-5-7-9-11-13-15-33-57(34-16-14-12-10-8-6-2)55-39-51(58(47-25-17-21-43(3)35-47)49-27-19-23-45(37-49)41-60)29-31-53(55)54-32-30-52(40-56(54)57)59(48-26-18-22-44(4)36-48)50-28-20-24-46(38-50)42-61/h9-10,21-36,39-44H,3-4,7-8,11-20,37-38H2,1-2,5-6H3;17-32,35-42H,5-16,33-34H2,1-4H3. The highest BCUT2D eigenvalue weighted by atomic mass is 16.1. The number of aryl methyl sites for hydroxylation is 4. The largest absolute Gasteiger partial charge is 0.310 e. The van der Waals surface area contributed by atoms with Crippen molar-refractivity contribution in [2.24, 2.45) is 0 Å². The van der Waals surface area contributed by atoms with Crippen molar-refractivity contribution in [2.75, 3.05) is 19.6 Å². The van der Waals surface area contributed by atoms with Gasteiger partial charge < -0.3 is 19.6 Å². The van der Waals surface area contributed by atoms with Crippen molar-refractivity contribution < 1.29 is 9.59 Å². The fourth-order valence-corrected chi connectivity index (χ4v) is 19.6. The van der Waals surface area contributed by atoms with Gasteiger partial charge in [-0.25, -0.2) is 0 Å². The average molecular weight is 1610 g/mol. The minimum absolute atomic E-state index is 0.116. The van der Waals surface area contributed by atoms with E-state index in [1.807, 2.05) is 48.6 Å². The average Bonchev–Trinajstić information content (AvgIpc) is 1.56. The molecule has 0 aliphatic heterocycles. The second kappa shape index (κ2) is 43.4. The van der Waals surface area contributed by atoms with E-state index in [2.05, 4.69) is 319 Å². The fourth-order valence-electron chi connectivity index (χ4n) is 19.6.